The number of nitrogens with one attached hydrogen (secondary N) is 1. The molecule has 2 aromatic rings. The van der Waals surface area contributed by atoms with E-state index in [4.69, 9.17) is 10.00 Å². The van der Waals surface area contributed by atoms with Crippen LogP contribution in [0.4, 0.5) is 0 Å². The third-order valence-electron chi connectivity index (χ3n) is 3.72. The van der Waals surface area contributed by atoms with Crippen molar-refractivity contribution in [1.82, 2.24) is 4.72 Å². The van der Waals surface area contributed by atoms with Gasteiger partial charge in [-0.15, -0.1) is 0 Å². The van der Waals surface area contributed by atoms with Crippen molar-refractivity contribution < 1.29 is 13.2 Å². The Kier molecular flexibility index (Phi) is 5.60. The van der Waals surface area contributed by atoms with Crippen LogP contribution < -0.4 is 9.46 Å². The smallest absolute Gasteiger partial charge is 0.242 e. The van der Waals surface area contributed by atoms with Gasteiger partial charge in [-0.05, 0) is 29.7 Å². The number of hydrogen-bond acceptors (Lipinski definition) is 4. The zero-order valence-corrected chi connectivity index (χ0v) is 14.7. The van der Waals surface area contributed by atoms with E-state index in [0.717, 1.165) is 11.1 Å². The second-order valence-electron chi connectivity index (χ2n) is 5.66. The number of benzene rings is 2. The van der Waals surface area contributed by atoms with Crippen LogP contribution in [0.3, 0.4) is 0 Å². The molecule has 126 valence electrons. The molecule has 0 aliphatic heterocycles. The lowest BCUT2D eigenvalue weighted by atomic mass is 10.0. The first-order valence-electron chi connectivity index (χ1n) is 7.54. The lowest BCUT2D eigenvalue weighted by Gasteiger charge is -2.14. The first-order valence-corrected chi connectivity index (χ1v) is 9.03. The number of ether oxygens (including phenoxy) is 1. The minimum Gasteiger partial charge on any atom is -0.496 e. The molecule has 0 saturated carbocycles. The highest BCUT2D eigenvalue weighted by Gasteiger charge is 2.19. The largest absolute Gasteiger partial charge is 0.496 e. The number of nitrogens with zero attached hydrogens (tertiary/aromatic N) is 1. The summed E-state index contributed by atoms with van der Waals surface area (Å²) in [5, 5.41) is 9.08. The molecule has 0 aromatic heterocycles. The number of nitriles is 1. The number of hydrogen-bond donors (Lipinski definition) is 1. The summed E-state index contributed by atoms with van der Waals surface area (Å²) in [5.41, 5.74) is 1.97. The molecular weight excluding hydrogens is 324 g/mol. The SMILES string of the molecule is COc1ccc(C(C)C)cc1CNS(=O)(=O)c1ccccc1C#N. The Morgan fingerprint density at radius 3 is 2.54 bits per heavy atom. The third-order valence-corrected chi connectivity index (χ3v) is 5.18. The van der Waals surface area contributed by atoms with Crippen LogP contribution in [0.5, 0.6) is 5.75 Å². The minimum atomic E-state index is -3.79. The molecule has 6 heteroatoms. The summed E-state index contributed by atoms with van der Waals surface area (Å²) in [6, 6.07) is 13.8. The molecular formula is C18H20N2O3S. The van der Waals surface area contributed by atoms with Crippen molar-refractivity contribution in [1.29, 1.82) is 5.26 Å². The fourth-order valence-corrected chi connectivity index (χ4v) is 3.50. The molecule has 0 aliphatic rings. The van der Waals surface area contributed by atoms with Gasteiger partial charge in [0.1, 0.15) is 11.8 Å². The van der Waals surface area contributed by atoms with Crippen molar-refractivity contribution in [3.8, 4) is 11.8 Å². The highest BCUT2D eigenvalue weighted by Crippen LogP contribution is 2.25. The summed E-state index contributed by atoms with van der Waals surface area (Å²) in [4.78, 5) is -0.0218. The van der Waals surface area contributed by atoms with E-state index in [1.165, 1.54) is 12.1 Å². The van der Waals surface area contributed by atoms with E-state index in [1.54, 1.807) is 19.2 Å². The zero-order chi connectivity index (χ0) is 17.7. The van der Waals surface area contributed by atoms with Gasteiger partial charge in [0.05, 0.1) is 17.6 Å². The molecule has 0 atom stereocenters. The van der Waals surface area contributed by atoms with Crippen molar-refractivity contribution in [2.45, 2.75) is 31.2 Å². The third kappa shape index (κ3) is 3.94. The van der Waals surface area contributed by atoms with Crippen molar-refractivity contribution in [2.24, 2.45) is 0 Å². The van der Waals surface area contributed by atoms with Crippen LogP contribution in [-0.4, -0.2) is 15.5 Å². The molecule has 0 spiro atoms. The van der Waals surface area contributed by atoms with E-state index in [0.29, 0.717) is 11.7 Å². The first kappa shape index (κ1) is 18.0. The summed E-state index contributed by atoms with van der Waals surface area (Å²) >= 11 is 0. The second kappa shape index (κ2) is 7.47. The number of rotatable bonds is 6. The van der Waals surface area contributed by atoms with Crippen LogP contribution in [0.25, 0.3) is 0 Å². The predicted molar refractivity (Wildman–Crippen MR) is 92.3 cm³/mol. The van der Waals surface area contributed by atoms with Crippen LogP contribution in [0, 0.1) is 11.3 Å². The summed E-state index contributed by atoms with van der Waals surface area (Å²) < 4.78 is 32.9. The van der Waals surface area contributed by atoms with E-state index < -0.39 is 10.0 Å². The average Bonchev–Trinajstić information content (AvgIpc) is 2.59. The van der Waals surface area contributed by atoms with Gasteiger partial charge in [0.25, 0.3) is 0 Å². The minimum absolute atomic E-state index is 0.0218. The Labute approximate surface area is 142 Å². The molecule has 0 aliphatic carbocycles. The van der Waals surface area contributed by atoms with Gasteiger partial charge in [-0.25, -0.2) is 13.1 Å². The van der Waals surface area contributed by atoms with Gasteiger partial charge < -0.3 is 4.74 Å². The zero-order valence-electron chi connectivity index (χ0n) is 13.9. The second-order valence-corrected chi connectivity index (χ2v) is 7.39. The number of methoxy groups -OCH3 is 1. The maximum absolute atomic E-state index is 12.5. The molecule has 2 aromatic carbocycles. The first-order chi connectivity index (χ1) is 11.4. The van der Waals surface area contributed by atoms with E-state index in [2.05, 4.69) is 18.6 Å². The standard InChI is InChI=1S/C18H20N2O3S/c1-13(2)14-8-9-17(23-3)16(10-14)12-20-24(21,22)18-7-5-4-6-15(18)11-19/h4-10,13,20H,12H2,1-3H3. The van der Waals surface area contributed by atoms with Gasteiger partial charge in [-0.2, -0.15) is 5.26 Å². The average molecular weight is 344 g/mol. The van der Waals surface area contributed by atoms with Gasteiger partial charge >= 0.3 is 0 Å². The number of sulfonamides is 1. The molecule has 0 saturated heterocycles. The Hall–Kier alpha value is -2.36. The molecule has 24 heavy (non-hydrogen) atoms. The quantitative estimate of drug-likeness (QED) is 0.873. The van der Waals surface area contributed by atoms with Crippen molar-refractivity contribution >= 4 is 10.0 Å². The fourth-order valence-electron chi connectivity index (χ4n) is 2.34. The monoisotopic (exact) mass is 344 g/mol. The molecule has 0 fully saturated rings. The normalized spacial score (nSPS) is 11.3. The molecule has 0 heterocycles. The Morgan fingerprint density at radius 1 is 1.21 bits per heavy atom. The van der Waals surface area contributed by atoms with Crippen molar-refractivity contribution in [2.75, 3.05) is 7.11 Å². The van der Waals surface area contributed by atoms with Crippen molar-refractivity contribution in [3.05, 3.63) is 59.2 Å². The van der Waals surface area contributed by atoms with Crippen LogP contribution in [0.1, 0.15) is 36.5 Å². The van der Waals surface area contributed by atoms with Crippen LogP contribution in [-0.2, 0) is 16.6 Å². The summed E-state index contributed by atoms with van der Waals surface area (Å²) in [5.74, 6) is 0.946. The highest BCUT2D eigenvalue weighted by atomic mass is 32.2. The highest BCUT2D eigenvalue weighted by molar-refractivity contribution is 7.89. The van der Waals surface area contributed by atoms with Gasteiger partial charge in [-0.3, -0.25) is 0 Å². The Bertz CT molecular complexity index is 868. The fraction of sp³-hybridized carbons (Fsp3) is 0.278. The summed E-state index contributed by atoms with van der Waals surface area (Å²) in [6.45, 7) is 4.23. The lowest BCUT2D eigenvalue weighted by molar-refractivity contribution is 0.409. The van der Waals surface area contributed by atoms with Gasteiger partial charge in [-0.1, -0.05) is 38.1 Å². The molecule has 1 N–H and O–H groups in total. The lowest BCUT2D eigenvalue weighted by Crippen LogP contribution is -2.24. The van der Waals surface area contributed by atoms with Gasteiger partial charge in [0.2, 0.25) is 10.0 Å². The topological polar surface area (TPSA) is 79.2 Å². The molecule has 0 bridgehead atoms. The van der Waals surface area contributed by atoms with E-state index >= 15 is 0 Å². The molecule has 0 amide bonds. The van der Waals surface area contributed by atoms with Crippen LogP contribution in [0.2, 0.25) is 0 Å². The maximum atomic E-state index is 12.5. The van der Waals surface area contributed by atoms with E-state index in [1.807, 2.05) is 24.3 Å². The molecule has 2 rings (SSSR count). The Balaban J connectivity index is 2.30. The summed E-state index contributed by atoms with van der Waals surface area (Å²) in [6.07, 6.45) is 0. The maximum Gasteiger partial charge on any atom is 0.242 e. The Morgan fingerprint density at radius 2 is 1.92 bits per heavy atom. The van der Waals surface area contributed by atoms with E-state index in [9.17, 15) is 8.42 Å². The predicted octanol–water partition coefficient (Wildman–Crippen LogP) is 3.17. The molecule has 5 nitrogen and oxygen atoms in total. The summed E-state index contributed by atoms with van der Waals surface area (Å²) in [7, 11) is -2.24. The van der Waals surface area contributed by atoms with Crippen LogP contribution in [0.15, 0.2) is 47.4 Å². The van der Waals surface area contributed by atoms with E-state index in [-0.39, 0.29) is 17.0 Å². The molecule has 0 unspecified atom stereocenters. The van der Waals surface area contributed by atoms with Gasteiger partial charge in [0.15, 0.2) is 0 Å². The molecule has 0 radical (unpaired) electrons. The van der Waals surface area contributed by atoms with Gasteiger partial charge in [0, 0.05) is 12.1 Å². The van der Waals surface area contributed by atoms with Crippen LogP contribution >= 0.6 is 0 Å². The van der Waals surface area contributed by atoms with Crippen molar-refractivity contribution in [3.63, 3.8) is 0 Å².